The highest BCUT2D eigenvalue weighted by atomic mass is 15.3. The Morgan fingerprint density at radius 1 is 1.35 bits per heavy atom. The van der Waals surface area contributed by atoms with Crippen LogP contribution in [0.5, 0.6) is 0 Å². The van der Waals surface area contributed by atoms with Crippen molar-refractivity contribution in [3.05, 3.63) is 36.2 Å². The Morgan fingerprint density at radius 2 is 2.15 bits per heavy atom. The largest absolute Gasteiger partial charge is 0.399 e. The lowest BCUT2D eigenvalue weighted by atomic mass is 10.2. The van der Waals surface area contributed by atoms with Crippen LogP contribution in [0.3, 0.4) is 0 Å². The first kappa shape index (κ1) is 12.7. The Balaban J connectivity index is 2.21. The van der Waals surface area contributed by atoms with Gasteiger partial charge in [-0.25, -0.2) is 4.98 Å². The minimum atomic E-state index is 0.0751. The van der Waals surface area contributed by atoms with Crippen LogP contribution in [-0.4, -0.2) is 24.3 Å². The van der Waals surface area contributed by atoms with Crippen molar-refractivity contribution in [3.63, 3.8) is 0 Å². The van der Waals surface area contributed by atoms with Crippen molar-refractivity contribution in [3.8, 4) is 0 Å². The number of anilines is 1. The lowest BCUT2D eigenvalue weighted by Gasteiger charge is -2.16. The molecule has 1 unspecified atom stereocenters. The molecule has 6 heteroatoms. The Morgan fingerprint density at radius 3 is 2.80 bits per heavy atom. The Labute approximate surface area is 117 Å². The topological polar surface area (TPSA) is 74.6 Å². The minimum Gasteiger partial charge on any atom is -0.399 e. The molecule has 1 atom stereocenters. The zero-order chi connectivity index (χ0) is 14.3. The smallest absolute Gasteiger partial charge is 0.155 e. The summed E-state index contributed by atoms with van der Waals surface area (Å²) < 4.78 is 4.14. The van der Waals surface area contributed by atoms with E-state index in [4.69, 9.17) is 5.73 Å². The summed E-state index contributed by atoms with van der Waals surface area (Å²) in [6.07, 6.45) is 2.57. The summed E-state index contributed by atoms with van der Waals surface area (Å²) in [5.41, 5.74) is 8.58. The molecule has 0 radical (unpaired) electrons. The first-order valence-electron chi connectivity index (χ1n) is 6.72. The molecule has 2 N–H and O–H groups in total. The van der Waals surface area contributed by atoms with E-state index in [9.17, 15) is 0 Å². The lowest BCUT2D eigenvalue weighted by molar-refractivity contribution is 0.565. The first-order chi connectivity index (χ1) is 9.61. The van der Waals surface area contributed by atoms with Crippen molar-refractivity contribution in [1.82, 2.24) is 24.3 Å². The number of benzene rings is 1. The van der Waals surface area contributed by atoms with Crippen LogP contribution in [0.2, 0.25) is 0 Å². The van der Waals surface area contributed by atoms with E-state index in [0.29, 0.717) is 0 Å². The number of aromatic nitrogens is 5. The predicted molar refractivity (Wildman–Crippen MR) is 78.3 cm³/mol. The number of hydrogen-bond donors (Lipinski definition) is 1. The number of fused-ring (bicyclic) bond motifs is 1. The molecule has 0 fully saturated rings. The molecule has 0 saturated carbocycles. The van der Waals surface area contributed by atoms with E-state index < -0.39 is 0 Å². The molecular weight excluding hydrogens is 252 g/mol. The molecule has 1 aromatic carbocycles. The molecule has 0 amide bonds. The number of hydrogen-bond acceptors (Lipinski definition) is 4. The molecule has 2 aromatic heterocycles. The third-order valence-corrected chi connectivity index (χ3v) is 3.61. The molecule has 0 aliphatic heterocycles. The van der Waals surface area contributed by atoms with Crippen LogP contribution in [0, 0.1) is 0 Å². The highest BCUT2D eigenvalue weighted by Gasteiger charge is 2.19. The van der Waals surface area contributed by atoms with Gasteiger partial charge in [0.1, 0.15) is 12.2 Å². The summed E-state index contributed by atoms with van der Waals surface area (Å²) in [5, 5.41) is 8.17. The molecule has 20 heavy (non-hydrogen) atoms. The number of nitrogen functional groups attached to an aromatic ring is 1. The number of rotatable bonds is 3. The molecule has 0 spiro atoms. The van der Waals surface area contributed by atoms with Crippen molar-refractivity contribution in [2.75, 3.05) is 5.73 Å². The van der Waals surface area contributed by atoms with Gasteiger partial charge in [0.2, 0.25) is 0 Å². The Kier molecular flexibility index (Phi) is 2.93. The van der Waals surface area contributed by atoms with Crippen LogP contribution in [0.15, 0.2) is 24.5 Å². The summed E-state index contributed by atoms with van der Waals surface area (Å²) in [6.45, 7) is 4.21. The van der Waals surface area contributed by atoms with Gasteiger partial charge in [-0.15, -0.1) is 10.2 Å². The maximum absolute atomic E-state index is 5.84. The van der Waals surface area contributed by atoms with E-state index in [2.05, 4.69) is 33.6 Å². The molecule has 0 aliphatic carbocycles. The maximum atomic E-state index is 5.84. The van der Waals surface area contributed by atoms with E-state index in [1.54, 1.807) is 6.33 Å². The first-order valence-corrected chi connectivity index (χ1v) is 6.72. The molecule has 0 saturated heterocycles. The average Bonchev–Trinajstić information content (AvgIpc) is 3.00. The Bertz CT molecular complexity index is 754. The van der Waals surface area contributed by atoms with Crippen molar-refractivity contribution in [2.45, 2.75) is 26.3 Å². The lowest BCUT2D eigenvalue weighted by Crippen LogP contribution is -2.14. The number of imidazole rings is 1. The fourth-order valence-corrected chi connectivity index (χ4v) is 2.63. The molecule has 2 heterocycles. The van der Waals surface area contributed by atoms with Gasteiger partial charge < -0.3 is 14.9 Å². The van der Waals surface area contributed by atoms with E-state index in [1.807, 2.05) is 29.8 Å². The summed E-state index contributed by atoms with van der Waals surface area (Å²) in [5.74, 6) is 1.94. The molecule has 3 aromatic rings. The van der Waals surface area contributed by atoms with Gasteiger partial charge in [-0.05, 0) is 25.1 Å². The second-order valence-corrected chi connectivity index (χ2v) is 4.98. The Hall–Kier alpha value is -2.37. The highest BCUT2D eigenvalue weighted by Crippen LogP contribution is 2.26. The zero-order valence-electron chi connectivity index (χ0n) is 11.9. The van der Waals surface area contributed by atoms with Crippen molar-refractivity contribution in [1.29, 1.82) is 0 Å². The molecular formula is C14H18N6. The normalized spacial score (nSPS) is 12.9. The van der Waals surface area contributed by atoms with Gasteiger partial charge in [0, 0.05) is 19.2 Å². The van der Waals surface area contributed by atoms with E-state index in [-0.39, 0.29) is 6.04 Å². The number of nitrogens with two attached hydrogens (primary N) is 1. The third kappa shape index (κ3) is 1.84. The SMILES string of the molecule is CCc1nc2cc(N)ccc2n1C(C)c1nncn1C. The van der Waals surface area contributed by atoms with Crippen LogP contribution in [0.25, 0.3) is 11.0 Å². The fourth-order valence-electron chi connectivity index (χ4n) is 2.63. The van der Waals surface area contributed by atoms with Gasteiger partial charge >= 0.3 is 0 Å². The molecule has 3 rings (SSSR count). The second kappa shape index (κ2) is 4.63. The van der Waals surface area contributed by atoms with Crippen LogP contribution in [0.4, 0.5) is 5.69 Å². The van der Waals surface area contributed by atoms with Gasteiger partial charge in [0.15, 0.2) is 5.82 Å². The molecule has 0 bridgehead atoms. The summed E-state index contributed by atoms with van der Waals surface area (Å²) in [7, 11) is 1.95. The van der Waals surface area contributed by atoms with Crippen LogP contribution >= 0.6 is 0 Å². The molecule has 0 aliphatic rings. The molecule has 6 nitrogen and oxygen atoms in total. The quantitative estimate of drug-likeness (QED) is 0.738. The van der Waals surface area contributed by atoms with Crippen LogP contribution in [-0.2, 0) is 13.5 Å². The van der Waals surface area contributed by atoms with Gasteiger partial charge in [-0.3, -0.25) is 0 Å². The average molecular weight is 270 g/mol. The monoisotopic (exact) mass is 270 g/mol. The van der Waals surface area contributed by atoms with Gasteiger partial charge in [-0.1, -0.05) is 6.92 Å². The zero-order valence-corrected chi connectivity index (χ0v) is 11.9. The van der Waals surface area contributed by atoms with Crippen molar-refractivity contribution >= 4 is 16.7 Å². The number of nitrogens with zero attached hydrogens (tertiary/aromatic N) is 5. The summed E-state index contributed by atoms with van der Waals surface area (Å²) in [6, 6.07) is 5.91. The predicted octanol–water partition coefficient (Wildman–Crippen LogP) is 1.92. The summed E-state index contributed by atoms with van der Waals surface area (Å²) in [4.78, 5) is 4.68. The van der Waals surface area contributed by atoms with Crippen molar-refractivity contribution in [2.24, 2.45) is 7.05 Å². The van der Waals surface area contributed by atoms with E-state index >= 15 is 0 Å². The van der Waals surface area contributed by atoms with E-state index in [1.165, 1.54) is 0 Å². The van der Waals surface area contributed by atoms with E-state index in [0.717, 1.165) is 34.8 Å². The highest BCUT2D eigenvalue weighted by molar-refractivity contribution is 5.80. The van der Waals surface area contributed by atoms with Crippen LogP contribution in [0.1, 0.15) is 31.5 Å². The van der Waals surface area contributed by atoms with Gasteiger partial charge in [0.25, 0.3) is 0 Å². The second-order valence-electron chi connectivity index (χ2n) is 4.98. The van der Waals surface area contributed by atoms with Gasteiger partial charge in [0.05, 0.1) is 17.1 Å². The van der Waals surface area contributed by atoms with Gasteiger partial charge in [-0.2, -0.15) is 0 Å². The molecule has 104 valence electrons. The fraction of sp³-hybridized carbons (Fsp3) is 0.357. The summed E-state index contributed by atoms with van der Waals surface area (Å²) >= 11 is 0. The number of aryl methyl sites for hydroxylation is 2. The third-order valence-electron chi connectivity index (χ3n) is 3.61. The van der Waals surface area contributed by atoms with Crippen molar-refractivity contribution < 1.29 is 0 Å². The minimum absolute atomic E-state index is 0.0751. The van der Waals surface area contributed by atoms with Crippen LogP contribution < -0.4 is 5.73 Å². The standard InChI is InChI=1S/C14H18N6/c1-4-13-17-11-7-10(15)5-6-12(11)20(13)9(2)14-18-16-8-19(14)3/h5-9H,4,15H2,1-3H3. The maximum Gasteiger partial charge on any atom is 0.155 e.